The first-order valence-corrected chi connectivity index (χ1v) is 9.18. The monoisotopic (exact) mass is 395 g/mol. The van der Waals surface area contributed by atoms with E-state index in [1.807, 2.05) is 24.3 Å². The van der Waals surface area contributed by atoms with Crippen molar-refractivity contribution >= 4 is 27.8 Å². The van der Waals surface area contributed by atoms with Crippen LogP contribution in [0.15, 0.2) is 28.7 Å². The highest BCUT2D eigenvalue weighted by atomic mass is 79.9. The van der Waals surface area contributed by atoms with Crippen LogP contribution in [0.5, 0.6) is 0 Å². The number of rotatable bonds is 4. The minimum atomic E-state index is -0.763. The van der Waals surface area contributed by atoms with Crippen molar-refractivity contribution in [1.82, 2.24) is 5.32 Å². The molecule has 0 radical (unpaired) electrons. The number of amides is 1. The Bertz CT molecular complexity index is 610. The van der Waals surface area contributed by atoms with Gasteiger partial charge >= 0.3 is 5.97 Å². The highest BCUT2D eigenvalue weighted by Crippen LogP contribution is 2.37. The van der Waals surface area contributed by atoms with Crippen LogP contribution in [0, 0.1) is 5.92 Å². The molecule has 24 heavy (non-hydrogen) atoms. The number of hydrogen-bond donors (Lipinski definition) is 2. The molecule has 1 aromatic rings. The quantitative estimate of drug-likeness (QED) is 0.821. The minimum absolute atomic E-state index is 0.00385. The Morgan fingerprint density at radius 2 is 1.83 bits per heavy atom. The molecule has 6 heteroatoms. The standard InChI is InChI=1S/C18H22BrNO4/c19-14-4-2-13(3-5-14)18(7-9-24-10-8-18)17(23)20-15-6-1-12(11-15)16(21)22/h2-5,12,15H,1,6-11H2,(H,20,23)(H,21,22)/t12-,15+/m0/s1. The Balaban J connectivity index is 1.77. The molecule has 5 nitrogen and oxygen atoms in total. The number of benzene rings is 1. The molecule has 0 bridgehead atoms. The van der Waals surface area contributed by atoms with Crippen LogP contribution in [0.2, 0.25) is 0 Å². The number of ether oxygens (including phenoxy) is 1. The summed E-state index contributed by atoms with van der Waals surface area (Å²) < 4.78 is 6.45. The van der Waals surface area contributed by atoms with Gasteiger partial charge in [-0.05, 0) is 49.8 Å². The molecule has 0 aromatic heterocycles. The molecule has 2 N–H and O–H groups in total. The molecule has 1 saturated heterocycles. The molecule has 0 spiro atoms. The maximum absolute atomic E-state index is 13.1. The number of nitrogens with one attached hydrogen (secondary N) is 1. The van der Waals surface area contributed by atoms with Crippen LogP contribution in [0.3, 0.4) is 0 Å². The number of carboxylic acids is 1. The predicted molar refractivity (Wildman–Crippen MR) is 92.8 cm³/mol. The van der Waals surface area contributed by atoms with Gasteiger partial charge in [-0.15, -0.1) is 0 Å². The summed E-state index contributed by atoms with van der Waals surface area (Å²) in [6, 6.07) is 7.84. The number of aliphatic carboxylic acids is 1. The van der Waals surface area contributed by atoms with Crippen LogP contribution in [0.4, 0.5) is 0 Å². The van der Waals surface area contributed by atoms with E-state index in [0.29, 0.717) is 38.9 Å². The molecule has 1 aromatic carbocycles. The fraction of sp³-hybridized carbons (Fsp3) is 0.556. The van der Waals surface area contributed by atoms with Gasteiger partial charge in [-0.25, -0.2) is 0 Å². The van der Waals surface area contributed by atoms with Crippen molar-refractivity contribution in [3.8, 4) is 0 Å². The molecule has 130 valence electrons. The van der Waals surface area contributed by atoms with Gasteiger partial charge in [0.15, 0.2) is 0 Å². The molecule has 2 fully saturated rings. The van der Waals surface area contributed by atoms with Gasteiger partial charge < -0.3 is 15.2 Å². The van der Waals surface area contributed by atoms with Crippen LogP contribution >= 0.6 is 15.9 Å². The fourth-order valence-corrected chi connectivity index (χ4v) is 4.06. The van der Waals surface area contributed by atoms with Gasteiger partial charge in [-0.3, -0.25) is 9.59 Å². The van der Waals surface area contributed by atoms with Crippen molar-refractivity contribution < 1.29 is 19.4 Å². The summed E-state index contributed by atoms with van der Waals surface area (Å²) in [5.74, 6) is -1.10. The summed E-state index contributed by atoms with van der Waals surface area (Å²) in [5, 5.41) is 12.3. The second-order valence-electron chi connectivity index (χ2n) is 6.72. The zero-order valence-electron chi connectivity index (χ0n) is 13.5. The average Bonchev–Trinajstić information content (AvgIpc) is 3.05. The fourth-order valence-electron chi connectivity index (χ4n) is 3.80. The lowest BCUT2D eigenvalue weighted by Crippen LogP contribution is -2.50. The van der Waals surface area contributed by atoms with Crippen LogP contribution in [-0.2, 0) is 19.7 Å². The van der Waals surface area contributed by atoms with E-state index in [-0.39, 0.29) is 17.9 Å². The molecule has 2 aliphatic rings. The minimum Gasteiger partial charge on any atom is -0.481 e. The molecule has 1 heterocycles. The first kappa shape index (κ1) is 17.4. The maximum atomic E-state index is 13.1. The molecule has 0 unspecified atom stereocenters. The molecular weight excluding hydrogens is 374 g/mol. The van der Waals surface area contributed by atoms with Crippen molar-refractivity contribution in [2.45, 2.75) is 43.6 Å². The molecule has 1 saturated carbocycles. The van der Waals surface area contributed by atoms with E-state index < -0.39 is 11.4 Å². The van der Waals surface area contributed by atoms with E-state index in [9.17, 15) is 9.59 Å². The Morgan fingerprint density at radius 3 is 2.42 bits per heavy atom. The second kappa shape index (κ2) is 7.23. The van der Waals surface area contributed by atoms with E-state index in [2.05, 4.69) is 21.2 Å². The van der Waals surface area contributed by atoms with E-state index in [1.165, 1.54) is 0 Å². The number of carboxylic acid groups (broad SMARTS) is 1. The van der Waals surface area contributed by atoms with Crippen molar-refractivity contribution in [2.75, 3.05) is 13.2 Å². The van der Waals surface area contributed by atoms with Crippen molar-refractivity contribution in [1.29, 1.82) is 0 Å². The number of carbonyl (C=O) groups is 2. The van der Waals surface area contributed by atoms with Gasteiger partial charge in [0.05, 0.1) is 11.3 Å². The third kappa shape index (κ3) is 3.49. The van der Waals surface area contributed by atoms with Gasteiger partial charge in [-0.2, -0.15) is 0 Å². The predicted octanol–water partition coefficient (Wildman–Crippen LogP) is 2.87. The van der Waals surface area contributed by atoms with Crippen molar-refractivity contribution in [3.63, 3.8) is 0 Å². The van der Waals surface area contributed by atoms with Gasteiger partial charge in [-0.1, -0.05) is 28.1 Å². The smallest absolute Gasteiger partial charge is 0.306 e. The second-order valence-corrected chi connectivity index (χ2v) is 7.64. The van der Waals surface area contributed by atoms with Gasteiger partial charge in [0.2, 0.25) is 5.91 Å². The molecule has 1 aliphatic heterocycles. The molecule has 1 aliphatic carbocycles. The van der Waals surface area contributed by atoms with Crippen molar-refractivity contribution in [3.05, 3.63) is 34.3 Å². The normalized spacial score (nSPS) is 26.0. The SMILES string of the molecule is O=C(O)[C@H]1CC[C@@H](NC(=O)C2(c3ccc(Br)cc3)CCOCC2)C1. The highest BCUT2D eigenvalue weighted by Gasteiger charge is 2.43. The average molecular weight is 396 g/mol. The lowest BCUT2D eigenvalue weighted by molar-refractivity contribution is -0.141. The third-order valence-electron chi connectivity index (χ3n) is 5.29. The molecule has 1 amide bonds. The first-order chi connectivity index (χ1) is 11.5. The zero-order valence-corrected chi connectivity index (χ0v) is 15.0. The molecule has 2 atom stereocenters. The first-order valence-electron chi connectivity index (χ1n) is 8.39. The van der Waals surface area contributed by atoms with Gasteiger partial charge in [0, 0.05) is 23.7 Å². The van der Waals surface area contributed by atoms with Crippen LogP contribution in [-0.4, -0.2) is 36.2 Å². The van der Waals surface area contributed by atoms with Crippen LogP contribution < -0.4 is 5.32 Å². The topological polar surface area (TPSA) is 75.6 Å². The Kier molecular flexibility index (Phi) is 5.25. The maximum Gasteiger partial charge on any atom is 0.306 e. The molecular formula is C18H22BrNO4. The summed E-state index contributed by atoms with van der Waals surface area (Å²) in [6.45, 7) is 1.12. The summed E-state index contributed by atoms with van der Waals surface area (Å²) >= 11 is 3.43. The lowest BCUT2D eigenvalue weighted by atomic mass is 9.73. The van der Waals surface area contributed by atoms with Crippen LogP contribution in [0.25, 0.3) is 0 Å². The number of halogens is 1. The zero-order chi connectivity index (χ0) is 17.2. The molecule has 3 rings (SSSR count). The lowest BCUT2D eigenvalue weighted by Gasteiger charge is -2.37. The van der Waals surface area contributed by atoms with E-state index in [0.717, 1.165) is 16.5 Å². The summed E-state index contributed by atoms with van der Waals surface area (Å²) in [7, 11) is 0. The largest absolute Gasteiger partial charge is 0.481 e. The third-order valence-corrected chi connectivity index (χ3v) is 5.82. The van der Waals surface area contributed by atoms with E-state index in [1.54, 1.807) is 0 Å². The number of carbonyl (C=O) groups excluding carboxylic acids is 1. The van der Waals surface area contributed by atoms with Gasteiger partial charge in [0.1, 0.15) is 0 Å². The summed E-state index contributed by atoms with van der Waals surface area (Å²) in [6.07, 6.45) is 3.18. The Labute approximate surface area is 149 Å². The summed E-state index contributed by atoms with van der Waals surface area (Å²) in [4.78, 5) is 24.2. The Morgan fingerprint density at radius 1 is 1.17 bits per heavy atom. The Hall–Kier alpha value is -1.40. The van der Waals surface area contributed by atoms with Crippen molar-refractivity contribution in [2.24, 2.45) is 5.92 Å². The highest BCUT2D eigenvalue weighted by molar-refractivity contribution is 9.10. The number of hydrogen-bond acceptors (Lipinski definition) is 3. The summed E-state index contributed by atoms with van der Waals surface area (Å²) in [5.41, 5.74) is 0.416. The van der Waals surface area contributed by atoms with Crippen LogP contribution in [0.1, 0.15) is 37.7 Å². The van der Waals surface area contributed by atoms with Gasteiger partial charge in [0.25, 0.3) is 0 Å². The van der Waals surface area contributed by atoms with E-state index >= 15 is 0 Å². The van der Waals surface area contributed by atoms with E-state index in [4.69, 9.17) is 9.84 Å².